The number of hydrogen-bond donors (Lipinski definition) is 2. The van der Waals surface area contributed by atoms with E-state index >= 15 is 0 Å². The molecule has 1 fully saturated rings. The Morgan fingerprint density at radius 2 is 2.21 bits per heavy atom. The SMILES string of the molecule is O=C(O)CC1CCCCN1C(=O)c1ccc[nH]c1=O. The molecule has 6 nitrogen and oxygen atoms in total. The van der Waals surface area contributed by atoms with Gasteiger partial charge in [0.15, 0.2) is 0 Å². The van der Waals surface area contributed by atoms with Crippen LogP contribution in [-0.2, 0) is 4.79 Å². The summed E-state index contributed by atoms with van der Waals surface area (Å²) in [5, 5.41) is 8.88. The van der Waals surface area contributed by atoms with Gasteiger partial charge in [-0.25, -0.2) is 0 Å². The van der Waals surface area contributed by atoms with Crippen molar-refractivity contribution >= 4 is 11.9 Å². The number of carboxylic acid groups (broad SMARTS) is 1. The van der Waals surface area contributed by atoms with E-state index in [-0.39, 0.29) is 23.9 Å². The molecule has 1 atom stereocenters. The number of aliphatic carboxylic acids is 1. The minimum Gasteiger partial charge on any atom is -0.481 e. The fourth-order valence-corrected chi connectivity index (χ4v) is 2.43. The molecule has 1 amide bonds. The molecule has 0 spiro atoms. The summed E-state index contributed by atoms with van der Waals surface area (Å²) in [5.41, 5.74) is -0.369. The van der Waals surface area contributed by atoms with Gasteiger partial charge in [0, 0.05) is 18.8 Å². The molecule has 1 aromatic rings. The lowest BCUT2D eigenvalue weighted by Gasteiger charge is -2.34. The third-order valence-corrected chi connectivity index (χ3v) is 3.35. The monoisotopic (exact) mass is 264 g/mol. The molecule has 6 heteroatoms. The van der Waals surface area contributed by atoms with Crippen molar-refractivity contribution in [3.63, 3.8) is 0 Å². The highest BCUT2D eigenvalue weighted by molar-refractivity contribution is 5.94. The predicted octanol–water partition coefficient (Wildman–Crippen LogP) is 0.844. The van der Waals surface area contributed by atoms with Crippen LogP contribution in [0.15, 0.2) is 23.1 Å². The smallest absolute Gasteiger partial charge is 0.305 e. The third-order valence-electron chi connectivity index (χ3n) is 3.35. The van der Waals surface area contributed by atoms with Crippen molar-refractivity contribution in [2.75, 3.05) is 6.54 Å². The Morgan fingerprint density at radius 3 is 2.89 bits per heavy atom. The Morgan fingerprint density at radius 1 is 1.42 bits per heavy atom. The van der Waals surface area contributed by atoms with Gasteiger partial charge in [-0.2, -0.15) is 0 Å². The van der Waals surface area contributed by atoms with Gasteiger partial charge < -0.3 is 15.0 Å². The molecule has 1 saturated heterocycles. The van der Waals surface area contributed by atoms with E-state index in [0.29, 0.717) is 13.0 Å². The number of piperidine rings is 1. The lowest BCUT2D eigenvalue weighted by atomic mass is 9.98. The number of pyridine rings is 1. The van der Waals surface area contributed by atoms with Crippen LogP contribution in [0.3, 0.4) is 0 Å². The van der Waals surface area contributed by atoms with Gasteiger partial charge in [-0.3, -0.25) is 14.4 Å². The normalized spacial score (nSPS) is 19.2. The summed E-state index contributed by atoms with van der Waals surface area (Å²) >= 11 is 0. The van der Waals surface area contributed by atoms with Crippen LogP contribution in [0.25, 0.3) is 0 Å². The number of nitrogens with one attached hydrogen (secondary N) is 1. The molecule has 102 valence electrons. The number of carbonyl (C=O) groups is 2. The lowest BCUT2D eigenvalue weighted by Crippen LogP contribution is -2.46. The second-order valence-corrected chi connectivity index (χ2v) is 4.66. The van der Waals surface area contributed by atoms with E-state index in [1.165, 1.54) is 17.2 Å². The maximum atomic E-state index is 12.3. The van der Waals surface area contributed by atoms with Gasteiger partial charge >= 0.3 is 5.97 Å². The fourth-order valence-electron chi connectivity index (χ4n) is 2.43. The Kier molecular flexibility index (Phi) is 3.99. The molecule has 1 aliphatic heterocycles. The number of carbonyl (C=O) groups excluding carboxylic acids is 1. The molecule has 2 N–H and O–H groups in total. The van der Waals surface area contributed by atoms with Gasteiger partial charge in [0.2, 0.25) is 0 Å². The first kappa shape index (κ1) is 13.3. The molecule has 2 heterocycles. The van der Waals surface area contributed by atoms with Crippen molar-refractivity contribution in [3.05, 3.63) is 34.2 Å². The van der Waals surface area contributed by atoms with Gasteiger partial charge in [0.05, 0.1) is 6.42 Å². The zero-order valence-corrected chi connectivity index (χ0v) is 10.5. The van der Waals surface area contributed by atoms with Crippen molar-refractivity contribution in [1.82, 2.24) is 9.88 Å². The first-order valence-corrected chi connectivity index (χ1v) is 6.30. The van der Waals surface area contributed by atoms with Gasteiger partial charge in [0.25, 0.3) is 11.5 Å². The van der Waals surface area contributed by atoms with Crippen LogP contribution in [0.5, 0.6) is 0 Å². The average Bonchev–Trinajstić information content (AvgIpc) is 2.38. The van der Waals surface area contributed by atoms with E-state index in [1.54, 1.807) is 6.07 Å². The molecule has 1 aromatic heterocycles. The van der Waals surface area contributed by atoms with Crippen LogP contribution in [-0.4, -0.2) is 39.5 Å². The molecular weight excluding hydrogens is 248 g/mol. The summed E-state index contributed by atoms with van der Waals surface area (Å²) in [4.78, 5) is 38.7. The maximum Gasteiger partial charge on any atom is 0.305 e. The third kappa shape index (κ3) is 3.01. The number of H-pyrrole nitrogens is 1. The van der Waals surface area contributed by atoms with E-state index in [0.717, 1.165) is 12.8 Å². The Bertz CT molecular complexity index is 537. The number of aromatic nitrogens is 1. The molecule has 1 unspecified atom stereocenters. The second kappa shape index (κ2) is 5.69. The van der Waals surface area contributed by atoms with E-state index in [9.17, 15) is 14.4 Å². The number of likely N-dealkylation sites (tertiary alicyclic amines) is 1. The molecule has 0 aliphatic carbocycles. The van der Waals surface area contributed by atoms with Crippen molar-refractivity contribution in [2.24, 2.45) is 0 Å². The van der Waals surface area contributed by atoms with Crippen molar-refractivity contribution < 1.29 is 14.7 Å². The zero-order valence-electron chi connectivity index (χ0n) is 10.5. The van der Waals surface area contributed by atoms with Crippen molar-refractivity contribution in [1.29, 1.82) is 0 Å². The minimum absolute atomic E-state index is 0.0692. The highest BCUT2D eigenvalue weighted by Crippen LogP contribution is 2.21. The van der Waals surface area contributed by atoms with Gasteiger partial charge in [0.1, 0.15) is 5.56 Å². The zero-order chi connectivity index (χ0) is 13.8. The quantitative estimate of drug-likeness (QED) is 0.846. The lowest BCUT2D eigenvalue weighted by molar-refractivity contribution is -0.138. The van der Waals surface area contributed by atoms with Crippen molar-refractivity contribution in [3.8, 4) is 0 Å². The minimum atomic E-state index is -0.924. The van der Waals surface area contributed by atoms with Crippen LogP contribution in [0.2, 0.25) is 0 Å². The van der Waals surface area contributed by atoms with Crippen LogP contribution in [0.1, 0.15) is 36.0 Å². The topological polar surface area (TPSA) is 90.5 Å². The summed E-state index contributed by atoms with van der Waals surface area (Å²) in [6.45, 7) is 0.505. The van der Waals surface area contributed by atoms with E-state index in [1.807, 2.05) is 0 Å². The number of hydrogen-bond acceptors (Lipinski definition) is 3. The Balaban J connectivity index is 2.23. The second-order valence-electron chi connectivity index (χ2n) is 4.66. The summed E-state index contributed by atoms with van der Waals surface area (Å²) in [6, 6.07) is 2.73. The van der Waals surface area contributed by atoms with Crippen LogP contribution < -0.4 is 5.56 Å². The predicted molar refractivity (Wildman–Crippen MR) is 68.0 cm³/mol. The van der Waals surface area contributed by atoms with E-state index in [2.05, 4.69) is 4.98 Å². The first-order valence-electron chi connectivity index (χ1n) is 6.30. The molecular formula is C13H16N2O4. The highest BCUT2D eigenvalue weighted by Gasteiger charge is 2.30. The number of amides is 1. The summed E-state index contributed by atoms with van der Waals surface area (Å²) in [7, 11) is 0. The average molecular weight is 264 g/mol. The molecule has 2 rings (SSSR count). The van der Waals surface area contributed by atoms with Crippen molar-refractivity contribution in [2.45, 2.75) is 31.7 Å². The highest BCUT2D eigenvalue weighted by atomic mass is 16.4. The number of carboxylic acids is 1. The van der Waals surface area contributed by atoms with Gasteiger partial charge in [-0.05, 0) is 31.4 Å². The molecule has 19 heavy (non-hydrogen) atoms. The van der Waals surface area contributed by atoms with Crippen LogP contribution >= 0.6 is 0 Å². The number of nitrogens with zero attached hydrogens (tertiary/aromatic N) is 1. The molecule has 0 radical (unpaired) electrons. The van der Waals surface area contributed by atoms with Gasteiger partial charge in [-0.1, -0.05) is 0 Å². The standard InChI is InChI=1S/C13H16N2O4/c16-11(17)8-9-4-1-2-7-15(9)13(19)10-5-3-6-14-12(10)18/h3,5-6,9H,1-2,4,7-8H2,(H,14,18)(H,16,17). The van der Waals surface area contributed by atoms with Crippen LogP contribution in [0.4, 0.5) is 0 Å². The molecule has 0 bridgehead atoms. The fraction of sp³-hybridized carbons (Fsp3) is 0.462. The molecule has 0 saturated carbocycles. The summed E-state index contributed by atoms with van der Waals surface area (Å²) in [6.07, 6.45) is 3.81. The number of aromatic amines is 1. The number of rotatable bonds is 3. The van der Waals surface area contributed by atoms with Gasteiger partial charge in [-0.15, -0.1) is 0 Å². The Labute approximate surface area is 110 Å². The maximum absolute atomic E-state index is 12.3. The van der Waals surface area contributed by atoms with E-state index < -0.39 is 11.5 Å². The molecule has 0 aromatic carbocycles. The summed E-state index contributed by atoms with van der Waals surface area (Å²) < 4.78 is 0. The Hall–Kier alpha value is -2.11. The first-order chi connectivity index (χ1) is 9.09. The summed E-state index contributed by atoms with van der Waals surface area (Å²) in [5.74, 6) is -1.31. The van der Waals surface area contributed by atoms with E-state index in [4.69, 9.17) is 5.11 Å². The molecule has 1 aliphatic rings. The largest absolute Gasteiger partial charge is 0.481 e. The van der Waals surface area contributed by atoms with Crippen LogP contribution in [0, 0.1) is 0 Å².